The molecule has 3 heterocycles. The Bertz CT molecular complexity index is 514. The molecule has 0 unspecified atom stereocenters. The lowest BCUT2D eigenvalue weighted by Crippen LogP contribution is -2.29. The van der Waals surface area contributed by atoms with Gasteiger partial charge in [-0.15, -0.1) is 0 Å². The molecule has 0 bridgehead atoms. The van der Waals surface area contributed by atoms with Gasteiger partial charge in [-0.1, -0.05) is 6.07 Å². The summed E-state index contributed by atoms with van der Waals surface area (Å²) in [5, 5.41) is 13.2. The van der Waals surface area contributed by atoms with E-state index in [1.165, 1.54) is 12.8 Å². The molecule has 4 nitrogen and oxygen atoms in total. The summed E-state index contributed by atoms with van der Waals surface area (Å²) in [5.74, 6) is 1.94. The van der Waals surface area contributed by atoms with Crippen molar-refractivity contribution in [2.45, 2.75) is 19.3 Å². The molecule has 0 saturated carbocycles. The van der Waals surface area contributed by atoms with Gasteiger partial charge < -0.3 is 10.4 Å². The number of hydrogen-bond donors (Lipinski definition) is 2. The van der Waals surface area contributed by atoms with Crippen molar-refractivity contribution in [3.05, 3.63) is 30.2 Å². The Morgan fingerprint density at radius 1 is 1.35 bits per heavy atom. The molecule has 2 aromatic rings. The number of aromatic nitrogens is 2. The number of imidazole rings is 1. The lowest BCUT2D eigenvalue weighted by Gasteiger charge is -2.21. The SMILES string of the molecule is Oc1cccc2cnc(CC3CCNCC3)n12. The smallest absolute Gasteiger partial charge is 0.197 e. The summed E-state index contributed by atoms with van der Waals surface area (Å²) < 4.78 is 1.85. The molecule has 0 atom stereocenters. The van der Waals surface area contributed by atoms with E-state index in [-0.39, 0.29) is 5.88 Å². The van der Waals surface area contributed by atoms with Crippen LogP contribution < -0.4 is 5.32 Å². The maximum absolute atomic E-state index is 9.88. The van der Waals surface area contributed by atoms with Crippen LogP contribution in [0.2, 0.25) is 0 Å². The molecule has 1 saturated heterocycles. The first-order chi connectivity index (χ1) is 8.34. The molecule has 0 spiro atoms. The van der Waals surface area contributed by atoms with Gasteiger partial charge in [0, 0.05) is 6.42 Å². The van der Waals surface area contributed by atoms with E-state index >= 15 is 0 Å². The van der Waals surface area contributed by atoms with Crippen LogP contribution in [0.4, 0.5) is 0 Å². The average Bonchev–Trinajstić information content (AvgIpc) is 2.75. The summed E-state index contributed by atoms with van der Waals surface area (Å²) in [6.45, 7) is 2.19. The largest absolute Gasteiger partial charge is 0.494 e. The molecule has 2 N–H and O–H groups in total. The van der Waals surface area contributed by atoms with Crippen molar-refractivity contribution in [3.63, 3.8) is 0 Å². The first kappa shape index (κ1) is 10.6. The van der Waals surface area contributed by atoms with Gasteiger partial charge in [0.05, 0.1) is 11.7 Å². The number of fused-ring (bicyclic) bond motifs is 1. The molecule has 4 heteroatoms. The van der Waals surface area contributed by atoms with Crippen LogP contribution in [-0.4, -0.2) is 27.6 Å². The van der Waals surface area contributed by atoms with E-state index in [0.29, 0.717) is 5.92 Å². The number of nitrogens with one attached hydrogen (secondary N) is 1. The molecule has 3 rings (SSSR count). The van der Waals surface area contributed by atoms with Crippen LogP contribution in [0.15, 0.2) is 24.4 Å². The molecule has 0 amide bonds. The topological polar surface area (TPSA) is 49.6 Å². The Morgan fingerprint density at radius 2 is 2.18 bits per heavy atom. The number of nitrogens with zero attached hydrogens (tertiary/aromatic N) is 2. The van der Waals surface area contributed by atoms with E-state index < -0.39 is 0 Å². The third kappa shape index (κ3) is 2.00. The van der Waals surface area contributed by atoms with Gasteiger partial charge in [-0.05, 0) is 44.0 Å². The number of rotatable bonds is 2. The van der Waals surface area contributed by atoms with Gasteiger partial charge in [0.1, 0.15) is 5.82 Å². The maximum atomic E-state index is 9.88. The highest BCUT2D eigenvalue weighted by atomic mass is 16.3. The van der Waals surface area contributed by atoms with Crippen LogP contribution in [0.5, 0.6) is 5.88 Å². The minimum Gasteiger partial charge on any atom is -0.494 e. The highest BCUT2D eigenvalue weighted by molar-refractivity contribution is 5.48. The molecule has 0 aliphatic carbocycles. The molecule has 1 fully saturated rings. The quantitative estimate of drug-likeness (QED) is 0.825. The van der Waals surface area contributed by atoms with Crippen molar-refractivity contribution in [3.8, 4) is 5.88 Å². The van der Waals surface area contributed by atoms with Crippen LogP contribution in [0.25, 0.3) is 5.52 Å². The van der Waals surface area contributed by atoms with E-state index in [2.05, 4.69) is 10.3 Å². The number of pyridine rings is 1. The molecule has 1 aliphatic rings. The lowest BCUT2D eigenvalue weighted by molar-refractivity contribution is 0.363. The summed E-state index contributed by atoms with van der Waals surface area (Å²) in [6, 6.07) is 5.53. The second kappa shape index (κ2) is 4.37. The minimum atomic E-state index is 0.281. The second-order valence-corrected chi connectivity index (χ2v) is 4.72. The lowest BCUT2D eigenvalue weighted by atomic mass is 9.94. The third-order valence-corrected chi connectivity index (χ3v) is 3.53. The molecule has 17 heavy (non-hydrogen) atoms. The predicted octanol–water partition coefficient (Wildman–Crippen LogP) is 1.58. The van der Waals surface area contributed by atoms with Gasteiger partial charge in [-0.25, -0.2) is 4.98 Å². The van der Waals surface area contributed by atoms with Crippen LogP contribution in [0, 0.1) is 5.92 Å². The standard InChI is InChI=1S/C13H17N3O/c17-13-3-1-2-11-9-15-12(16(11)13)8-10-4-6-14-7-5-10/h1-3,9-10,14,17H,4-8H2. The molecule has 0 aromatic carbocycles. The zero-order chi connectivity index (χ0) is 11.7. The zero-order valence-corrected chi connectivity index (χ0v) is 9.76. The number of aromatic hydroxyl groups is 1. The first-order valence-electron chi connectivity index (χ1n) is 6.19. The fraction of sp³-hybridized carbons (Fsp3) is 0.462. The summed E-state index contributed by atoms with van der Waals surface area (Å²) in [6.07, 6.45) is 5.18. The minimum absolute atomic E-state index is 0.281. The van der Waals surface area contributed by atoms with Gasteiger partial charge >= 0.3 is 0 Å². The van der Waals surface area contributed by atoms with Gasteiger partial charge in [0.2, 0.25) is 0 Å². The first-order valence-corrected chi connectivity index (χ1v) is 6.19. The Kier molecular flexibility index (Phi) is 2.73. The van der Waals surface area contributed by atoms with Crippen molar-refractivity contribution >= 4 is 5.52 Å². The fourth-order valence-corrected chi connectivity index (χ4v) is 2.58. The van der Waals surface area contributed by atoms with E-state index in [1.807, 2.05) is 22.7 Å². The fourth-order valence-electron chi connectivity index (χ4n) is 2.58. The average molecular weight is 231 g/mol. The maximum Gasteiger partial charge on any atom is 0.197 e. The van der Waals surface area contributed by atoms with Crippen molar-refractivity contribution < 1.29 is 5.11 Å². The van der Waals surface area contributed by atoms with Crippen LogP contribution in [0.1, 0.15) is 18.7 Å². The Hall–Kier alpha value is -1.55. The van der Waals surface area contributed by atoms with Crippen molar-refractivity contribution in [1.29, 1.82) is 0 Å². The highest BCUT2D eigenvalue weighted by Gasteiger charge is 2.16. The molecular weight excluding hydrogens is 214 g/mol. The normalized spacial score (nSPS) is 17.6. The Balaban J connectivity index is 1.89. The molecule has 0 radical (unpaired) electrons. The van der Waals surface area contributed by atoms with Crippen LogP contribution in [-0.2, 0) is 6.42 Å². The van der Waals surface area contributed by atoms with E-state index in [4.69, 9.17) is 0 Å². The van der Waals surface area contributed by atoms with Crippen LogP contribution in [0.3, 0.4) is 0 Å². The van der Waals surface area contributed by atoms with Gasteiger partial charge in [0.25, 0.3) is 0 Å². The molecule has 90 valence electrons. The monoisotopic (exact) mass is 231 g/mol. The highest BCUT2D eigenvalue weighted by Crippen LogP contribution is 2.21. The van der Waals surface area contributed by atoms with Crippen molar-refractivity contribution in [2.24, 2.45) is 5.92 Å². The summed E-state index contributed by atoms with van der Waals surface area (Å²) in [4.78, 5) is 4.43. The van der Waals surface area contributed by atoms with Gasteiger partial charge in [0.15, 0.2) is 5.88 Å². The zero-order valence-electron chi connectivity index (χ0n) is 9.76. The molecule has 1 aliphatic heterocycles. The second-order valence-electron chi connectivity index (χ2n) is 4.72. The van der Waals surface area contributed by atoms with E-state index in [9.17, 15) is 5.11 Å². The summed E-state index contributed by atoms with van der Waals surface area (Å²) in [7, 11) is 0. The summed E-state index contributed by atoms with van der Waals surface area (Å²) in [5.41, 5.74) is 0.967. The van der Waals surface area contributed by atoms with E-state index in [1.54, 1.807) is 6.07 Å². The number of hydrogen-bond acceptors (Lipinski definition) is 3. The predicted molar refractivity (Wildman–Crippen MR) is 66.2 cm³/mol. The van der Waals surface area contributed by atoms with Crippen LogP contribution >= 0.6 is 0 Å². The third-order valence-electron chi connectivity index (χ3n) is 3.53. The molecule has 2 aromatic heterocycles. The van der Waals surface area contributed by atoms with Gasteiger partial charge in [-0.3, -0.25) is 4.40 Å². The van der Waals surface area contributed by atoms with E-state index in [0.717, 1.165) is 30.9 Å². The van der Waals surface area contributed by atoms with Crippen molar-refractivity contribution in [1.82, 2.24) is 14.7 Å². The number of piperidine rings is 1. The molecular formula is C13H17N3O. The van der Waals surface area contributed by atoms with Gasteiger partial charge in [-0.2, -0.15) is 0 Å². The summed E-state index contributed by atoms with van der Waals surface area (Å²) >= 11 is 0. The Labute approximate surface area is 100 Å². The Morgan fingerprint density at radius 3 is 3.00 bits per heavy atom. The van der Waals surface area contributed by atoms with Crippen molar-refractivity contribution in [2.75, 3.05) is 13.1 Å².